The van der Waals surface area contributed by atoms with E-state index in [9.17, 15) is 9.59 Å². The summed E-state index contributed by atoms with van der Waals surface area (Å²) in [6.45, 7) is 10.5. The molecule has 156 valence electrons. The second-order valence-corrected chi connectivity index (χ2v) is 9.89. The number of hydrogen-bond acceptors (Lipinski definition) is 4. The Kier molecular flexibility index (Phi) is 6.75. The Morgan fingerprint density at radius 3 is 2.41 bits per heavy atom. The van der Waals surface area contributed by atoms with Gasteiger partial charge < -0.3 is 10.6 Å². The Bertz CT molecular complexity index is 847. The number of piperidine rings is 1. The number of anilines is 1. The maximum absolute atomic E-state index is 12.8. The molecule has 2 amide bonds. The van der Waals surface area contributed by atoms with Crippen LogP contribution in [0.15, 0.2) is 36.4 Å². The van der Waals surface area contributed by atoms with Crippen LogP contribution in [0.5, 0.6) is 0 Å². The van der Waals surface area contributed by atoms with Crippen LogP contribution in [0.25, 0.3) is 0 Å². The third-order valence-electron chi connectivity index (χ3n) is 5.21. The number of amides is 2. The normalized spacial score (nSPS) is 15.9. The highest BCUT2D eigenvalue weighted by molar-refractivity contribution is 7.18. The lowest BCUT2D eigenvalue weighted by Gasteiger charge is -2.32. The third-order valence-corrected chi connectivity index (χ3v) is 6.37. The summed E-state index contributed by atoms with van der Waals surface area (Å²) in [5.41, 5.74) is 1.76. The molecule has 0 unspecified atom stereocenters. The quantitative estimate of drug-likeness (QED) is 0.762. The highest BCUT2D eigenvalue weighted by Gasteiger charge is 2.25. The van der Waals surface area contributed by atoms with Crippen molar-refractivity contribution < 1.29 is 9.59 Å². The monoisotopic (exact) mass is 413 g/mol. The molecule has 0 bridgehead atoms. The molecule has 3 rings (SSSR count). The molecule has 2 aromatic rings. The number of benzene rings is 1. The summed E-state index contributed by atoms with van der Waals surface area (Å²) in [4.78, 5) is 28.1. The van der Waals surface area contributed by atoms with Gasteiger partial charge in [0.2, 0.25) is 5.91 Å². The minimum absolute atomic E-state index is 0.0368. The number of nitrogens with one attached hydrogen (secondary N) is 2. The second-order valence-electron chi connectivity index (χ2n) is 8.84. The van der Waals surface area contributed by atoms with Gasteiger partial charge in [0.05, 0.1) is 9.88 Å². The molecule has 0 aliphatic carbocycles. The molecule has 2 heterocycles. The minimum atomic E-state index is -0.464. The van der Waals surface area contributed by atoms with Gasteiger partial charge in [0.25, 0.3) is 5.91 Å². The molecule has 0 atom stereocenters. The van der Waals surface area contributed by atoms with Gasteiger partial charge in [-0.1, -0.05) is 51.1 Å². The van der Waals surface area contributed by atoms with Crippen molar-refractivity contribution in [2.24, 2.45) is 5.41 Å². The van der Waals surface area contributed by atoms with Gasteiger partial charge in [0.1, 0.15) is 0 Å². The summed E-state index contributed by atoms with van der Waals surface area (Å²) in [6.07, 6.45) is 1.91. The van der Waals surface area contributed by atoms with E-state index >= 15 is 0 Å². The van der Waals surface area contributed by atoms with Gasteiger partial charge in [-0.2, -0.15) is 0 Å². The van der Waals surface area contributed by atoms with Crippen molar-refractivity contribution in [1.29, 1.82) is 0 Å². The van der Waals surface area contributed by atoms with Gasteiger partial charge in [-0.25, -0.2) is 0 Å². The van der Waals surface area contributed by atoms with Gasteiger partial charge >= 0.3 is 0 Å². The summed E-state index contributed by atoms with van der Waals surface area (Å²) in [6, 6.07) is 12.6. The Balaban J connectivity index is 1.51. The Hall–Kier alpha value is -2.18. The van der Waals surface area contributed by atoms with Crippen LogP contribution in [0.4, 0.5) is 5.00 Å². The zero-order valence-corrected chi connectivity index (χ0v) is 18.6. The molecule has 0 saturated carbocycles. The number of rotatable bonds is 5. The fraction of sp³-hybridized carbons (Fsp3) is 0.478. The molecule has 1 aromatic heterocycles. The predicted octanol–water partition coefficient (Wildman–Crippen LogP) is 4.44. The molecule has 1 aliphatic heterocycles. The van der Waals surface area contributed by atoms with Gasteiger partial charge in [-0.05, 0) is 37.0 Å². The van der Waals surface area contributed by atoms with E-state index in [1.807, 2.05) is 39.8 Å². The highest BCUT2D eigenvalue weighted by atomic mass is 32.1. The summed E-state index contributed by atoms with van der Waals surface area (Å²) in [5, 5.41) is 6.84. The van der Waals surface area contributed by atoms with E-state index in [4.69, 9.17) is 0 Å². The van der Waals surface area contributed by atoms with Crippen LogP contribution in [0.3, 0.4) is 0 Å². The van der Waals surface area contributed by atoms with Crippen LogP contribution in [-0.4, -0.2) is 35.8 Å². The van der Waals surface area contributed by atoms with E-state index in [0.717, 1.165) is 43.0 Å². The zero-order valence-electron chi connectivity index (χ0n) is 17.7. The van der Waals surface area contributed by atoms with E-state index in [-0.39, 0.29) is 17.9 Å². The van der Waals surface area contributed by atoms with E-state index < -0.39 is 5.41 Å². The topological polar surface area (TPSA) is 61.4 Å². The van der Waals surface area contributed by atoms with E-state index in [0.29, 0.717) is 4.88 Å². The van der Waals surface area contributed by atoms with Crippen LogP contribution in [0, 0.1) is 12.3 Å². The molecule has 1 saturated heterocycles. The fourth-order valence-electron chi connectivity index (χ4n) is 3.40. The average Bonchev–Trinajstić information content (AvgIpc) is 3.04. The van der Waals surface area contributed by atoms with Crippen molar-refractivity contribution in [1.82, 2.24) is 10.2 Å². The van der Waals surface area contributed by atoms with Crippen LogP contribution in [-0.2, 0) is 11.3 Å². The highest BCUT2D eigenvalue weighted by Crippen LogP contribution is 2.28. The van der Waals surface area contributed by atoms with Gasteiger partial charge in [-0.3, -0.25) is 14.5 Å². The summed E-state index contributed by atoms with van der Waals surface area (Å²) in [5.74, 6) is -0.0817. The van der Waals surface area contributed by atoms with Gasteiger partial charge in [0.15, 0.2) is 0 Å². The standard InChI is InChI=1S/C23H31N3O2S/c1-16-14-19(25-22(28)23(2,3)4)29-20(16)21(27)24-18-10-12-26(13-11-18)15-17-8-6-5-7-9-17/h5-9,14,18H,10-13,15H2,1-4H3,(H,24,27)(H,25,28). The molecule has 29 heavy (non-hydrogen) atoms. The Morgan fingerprint density at radius 2 is 1.79 bits per heavy atom. The lowest BCUT2D eigenvalue weighted by Crippen LogP contribution is -2.44. The molecule has 1 fully saturated rings. The second kappa shape index (κ2) is 9.09. The zero-order chi connectivity index (χ0) is 21.0. The third kappa shape index (κ3) is 5.90. The maximum Gasteiger partial charge on any atom is 0.261 e. The summed E-state index contributed by atoms with van der Waals surface area (Å²) in [7, 11) is 0. The van der Waals surface area contributed by atoms with Crippen molar-refractivity contribution in [3.05, 3.63) is 52.4 Å². The molecule has 6 heteroatoms. The Labute approximate surface area is 177 Å². The first-order chi connectivity index (χ1) is 13.7. The van der Waals surface area contributed by atoms with Gasteiger partial charge in [-0.15, -0.1) is 11.3 Å². The Morgan fingerprint density at radius 1 is 1.14 bits per heavy atom. The molecule has 0 radical (unpaired) electrons. The molecule has 1 aromatic carbocycles. The maximum atomic E-state index is 12.8. The SMILES string of the molecule is Cc1cc(NC(=O)C(C)(C)C)sc1C(=O)NC1CCN(Cc2ccccc2)CC1. The average molecular weight is 414 g/mol. The molecular formula is C23H31N3O2S. The van der Waals surface area contributed by atoms with Crippen molar-refractivity contribution in [3.8, 4) is 0 Å². The molecule has 2 N–H and O–H groups in total. The number of thiophene rings is 1. The first-order valence-electron chi connectivity index (χ1n) is 10.2. The van der Waals surface area contributed by atoms with E-state index in [1.54, 1.807) is 0 Å². The summed E-state index contributed by atoms with van der Waals surface area (Å²) >= 11 is 1.35. The van der Waals surface area contributed by atoms with Gasteiger partial charge in [0, 0.05) is 31.1 Å². The van der Waals surface area contributed by atoms with Crippen LogP contribution >= 0.6 is 11.3 Å². The number of hydrogen-bond donors (Lipinski definition) is 2. The molecule has 5 nitrogen and oxygen atoms in total. The predicted molar refractivity (Wildman–Crippen MR) is 119 cm³/mol. The van der Waals surface area contributed by atoms with Crippen LogP contribution in [0.1, 0.15) is 54.4 Å². The molecule has 0 spiro atoms. The number of nitrogens with zero attached hydrogens (tertiary/aromatic N) is 1. The van der Waals surface area contributed by atoms with E-state index in [2.05, 4.69) is 39.8 Å². The summed E-state index contributed by atoms with van der Waals surface area (Å²) < 4.78 is 0. The molecular weight excluding hydrogens is 382 g/mol. The van der Waals surface area contributed by atoms with Crippen LogP contribution < -0.4 is 10.6 Å². The lowest BCUT2D eigenvalue weighted by molar-refractivity contribution is -0.123. The smallest absolute Gasteiger partial charge is 0.261 e. The number of aryl methyl sites for hydroxylation is 1. The van der Waals surface area contributed by atoms with Crippen molar-refractivity contribution in [3.63, 3.8) is 0 Å². The van der Waals surface area contributed by atoms with E-state index in [1.165, 1.54) is 16.9 Å². The first-order valence-corrected chi connectivity index (χ1v) is 11.0. The minimum Gasteiger partial charge on any atom is -0.349 e. The van der Waals surface area contributed by atoms with Crippen molar-refractivity contribution >= 4 is 28.2 Å². The number of carbonyl (C=O) groups excluding carboxylic acids is 2. The lowest BCUT2D eigenvalue weighted by atomic mass is 9.96. The first kappa shape index (κ1) is 21.5. The van der Waals surface area contributed by atoms with Crippen molar-refractivity contribution in [2.45, 2.75) is 53.1 Å². The largest absolute Gasteiger partial charge is 0.349 e. The van der Waals surface area contributed by atoms with Crippen molar-refractivity contribution in [2.75, 3.05) is 18.4 Å². The number of likely N-dealkylation sites (tertiary alicyclic amines) is 1. The van der Waals surface area contributed by atoms with Crippen LogP contribution in [0.2, 0.25) is 0 Å². The number of carbonyl (C=O) groups is 2. The fourth-order valence-corrected chi connectivity index (χ4v) is 4.37. The molecule has 1 aliphatic rings.